The Balaban J connectivity index is 1.60. The summed E-state index contributed by atoms with van der Waals surface area (Å²) in [6.45, 7) is 2.60. The summed E-state index contributed by atoms with van der Waals surface area (Å²) in [5.74, 6) is 1.82. The second kappa shape index (κ2) is 7.49. The lowest BCUT2D eigenvalue weighted by molar-refractivity contribution is 0.343. The highest BCUT2D eigenvalue weighted by Crippen LogP contribution is 2.24. The first kappa shape index (κ1) is 16.5. The topological polar surface area (TPSA) is 39.9 Å². The summed E-state index contributed by atoms with van der Waals surface area (Å²) in [6, 6.07) is 14.5. The molecule has 24 heavy (non-hydrogen) atoms. The third-order valence-electron chi connectivity index (χ3n) is 3.52. The number of nitrogens with zero attached hydrogens (tertiary/aromatic N) is 3. The Kier molecular flexibility index (Phi) is 5.15. The molecule has 0 aliphatic heterocycles. The van der Waals surface area contributed by atoms with E-state index in [1.54, 1.807) is 22.8 Å². The van der Waals surface area contributed by atoms with Crippen molar-refractivity contribution in [1.29, 1.82) is 0 Å². The van der Waals surface area contributed by atoms with Crippen molar-refractivity contribution >= 4 is 11.8 Å². The number of benzene rings is 2. The maximum atomic E-state index is 13.9. The van der Waals surface area contributed by atoms with Crippen LogP contribution in [0.3, 0.4) is 0 Å². The molecule has 0 radical (unpaired) electrons. The van der Waals surface area contributed by atoms with Crippen molar-refractivity contribution in [3.63, 3.8) is 0 Å². The molecule has 0 spiro atoms. The molecule has 0 unspecified atom stereocenters. The Morgan fingerprint density at radius 1 is 1.12 bits per heavy atom. The summed E-state index contributed by atoms with van der Waals surface area (Å²) < 4.78 is 21.4. The highest BCUT2D eigenvalue weighted by Gasteiger charge is 2.14. The first-order valence-corrected chi connectivity index (χ1v) is 8.60. The van der Waals surface area contributed by atoms with Crippen molar-refractivity contribution in [2.75, 3.05) is 12.4 Å². The van der Waals surface area contributed by atoms with Crippen LogP contribution in [0.4, 0.5) is 4.39 Å². The van der Waals surface area contributed by atoms with E-state index in [1.165, 1.54) is 23.4 Å². The maximum Gasteiger partial charge on any atom is 0.191 e. The summed E-state index contributed by atoms with van der Waals surface area (Å²) in [5, 5.41) is 8.99. The molecule has 0 bridgehead atoms. The number of thioether (sulfide) groups is 1. The second-order valence-corrected chi connectivity index (χ2v) is 6.42. The average Bonchev–Trinajstić information content (AvgIpc) is 2.93. The fourth-order valence-corrected chi connectivity index (χ4v) is 3.04. The molecule has 0 saturated carbocycles. The van der Waals surface area contributed by atoms with Gasteiger partial charge in [0, 0.05) is 12.8 Å². The van der Waals surface area contributed by atoms with Gasteiger partial charge in [0.2, 0.25) is 0 Å². The summed E-state index contributed by atoms with van der Waals surface area (Å²) >= 11 is 1.53. The average molecular weight is 343 g/mol. The van der Waals surface area contributed by atoms with Crippen LogP contribution in [-0.4, -0.2) is 27.1 Å². The summed E-state index contributed by atoms with van der Waals surface area (Å²) in [4.78, 5) is 0. The molecule has 0 atom stereocenters. The number of rotatable bonds is 6. The van der Waals surface area contributed by atoms with Gasteiger partial charge in [-0.05, 0) is 36.8 Å². The van der Waals surface area contributed by atoms with Gasteiger partial charge in [-0.3, -0.25) is 0 Å². The Morgan fingerprint density at radius 2 is 1.96 bits per heavy atom. The molecule has 3 rings (SSSR count). The number of hydrogen-bond donors (Lipinski definition) is 0. The minimum atomic E-state index is -0.299. The fourth-order valence-electron chi connectivity index (χ4n) is 2.32. The fraction of sp³-hybridized carbons (Fsp3) is 0.222. The molecule has 0 fully saturated rings. The minimum absolute atomic E-state index is 0.299. The summed E-state index contributed by atoms with van der Waals surface area (Å²) in [6.07, 6.45) is 0. The van der Waals surface area contributed by atoms with Gasteiger partial charge in [0.05, 0.1) is 12.2 Å². The van der Waals surface area contributed by atoms with Crippen LogP contribution in [0.5, 0.6) is 5.75 Å². The largest absolute Gasteiger partial charge is 0.493 e. The predicted molar refractivity (Wildman–Crippen MR) is 93.8 cm³/mol. The molecule has 0 amide bonds. The molecule has 2 aromatic carbocycles. The van der Waals surface area contributed by atoms with Crippen LogP contribution in [0.2, 0.25) is 0 Å². The van der Waals surface area contributed by atoms with Gasteiger partial charge >= 0.3 is 0 Å². The number of hydrogen-bond acceptors (Lipinski definition) is 4. The Hall–Kier alpha value is -2.34. The monoisotopic (exact) mass is 343 g/mol. The second-order valence-electron chi connectivity index (χ2n) is 5.36. The third-order valence-corrected chi connectivity index (χ3v) is 4.51. The van der Waals surface area contributed by atoms with Crippen LogP contribution in [0.15, 0.2) is 53.7 Å². The predicted octanol–water partition coefficient (Wildman–Crippen LogP) is 4.10. The molecule has 0 aliphatic rings. The van der Waals surface area contributed by atoms with Crippen molar-refractivity contribution in [3.8, 4) is 17.1 Å². The van der Waals surface area contributed by atoms with Crippen molar-refractivity contribution in [2.45, 2.75) is 12.1 Å². The lowest BCUT2D eigenvalue weighted by Crippen LogP contribution is -2.02. The van der Waals surface area contributed by atoms with Gasteiger partial charge in [-0.2, -0.15) is 0 Å². The Morgan fingerprint density at radius 3 is 2.75 bits per heavy atom. The van der Waals surface area contributed by atoms with Crippen molar-refractivity contribution < 1.29 is 9.13 Å². The molecule has 0 N–H and O–H groups in total. The minimum Gasteiger partial charge on any atom is -0.493 e. The van der Waals surface area contributed by atoms with Gasteiger partial charge in [0.15, 0.2) is 11.0 Å². The van der Waals surface area contributed by atoms with Crippen LogP contribution < -0.4 is 4.74 Å². The van der Waals surface area contributed by atoms with Gasteiger partial charge in [-0.15, -0.1) is 10.2 Å². The highest BCUT2D eigenvalue weighted by atomic mass is 32.2. The smallest absolute Gasteiger partial charge is 0.191 e. The lowest BCUT2D eigenvalue weighted by atomic mass is 10.2. The van der Waals surface area contributed by atoms with Gasteiger partial charge in [-0.1, -0.05) is 36.0 Å². The zero-order valence-electron chi connectivity index (χ0n) is 13.6. The third kappa shape index (κ3) is 3.76. The summed E-state index contributed by atoms with van der Waals surface area (Å²) in [5.41, 5.74) is 1.62. The van der Waals surface area contributed by atoms with Crippen LogP contribution in [0, 0.1) is 12.7 Å². The standard InChI is InChI=1S/C18H18FN3OS/c1-13-6-5-7-14(12-13)23-10-11-24-18-21-20-17(22(18)2)15-8-3-4-9-16(15)19/h3-9,12H,10-11H2,1-2H3. The van der Waals surface area contributed by atoms with Gasteiger partial charge in [-0.25, -0.2) is 4.39 Å². The lowest BCUT2D eigenvalue weighted by Gasteiger charge is -2.07. The van der Waals surface area contributed by atoms with Crippen LogP contribution in [-0.2, 0) is 7.05 Å². The van der Waals surface area contributed by atoms with Crippen molar-refractivity contribution in [1.82, 2.24) is 14.8 Å². The molecular formula is C18H18FN3OS. The van der Waals surface area contributed by atoms with Crippen molar-refractivity contribution in [3.05, 3.63) is 59.9 Å². The van der Waals surface area contributed by atoms with Crippen LogP contribution >= 0.6 is 11.8 Å². The number of halogens is 1. The van der Waals surface area contributed by atoms with Crippen LogP contribution in [0.25, 0.3) is 11.4 Å². The molecule has 1 aromatic heterocycles. The molecule has 0 aliphatic carbocycles. The normalized spacial score (nSPS) is 10.8. The molecule has 6 heteroatoms. The van der Waals surface area contributed by atoms with Gasteiger partial charge in [0.25, 0.3) is 0 Å². The van der Waals surface area contributed by atoms with E-state index in [9.17, 15) is 4.39 Å². The van der Waals surface area contributed by atoms with E-state index in [-0.39, 0.29) is 5.82 Å². The van der Waals surface area contributed by atoms with E-state index in [4.69, 9.17) is 4.74 Å². The van der Waals surface area contributed by atoms with E-state index in [0.29, 0.717) is 18.0 Å². The van der Waals surface area contributed by atoms with Crippen LogP contribution in [0.1, 0.15) is 5.56 Å². The van der Waals surface area contributed by atoms with E-state index >= 15 is 0 Å². The Bertz CT molecular complexity index is 835. The maximum absolute atomic E-state index is 13.9. The molecule has 3 aromatic rings. The highest BCUT2D eigenvalue weighted by molar-refractivity contribution is 7.99. The zero-order valence-corrected chi connectivity index (χ0v) is 14.4. The quantitative estimate of drug-likeness (QED) is 0.499. The van der Waals surface area contributed by atoms with E-state index in [1.807, 2.05) is 38.2 Å². The number of aromatic nitrogens is 3. The van der Waals surface area contributed by atoms with Gasteiger partial charge < -0.3 is 9.30 Å². The summed E-state index contributed by atoms with van der Waals surface area (Å²) in [7, 11) is 1.84. The molecule has 4 nitrogen and oxygen atoms in total. The van der Waals surface area contributed by atoms with Crippen molar-refractivity contribution in [2.24, 2.45) is 7.05 Å². The molecular weight excluding hydrogens is 325 g/mol. The first-order chi connectivity index (χ1) is 11.6. The Labute approximate surface area is 144 Å². The number of aryl methyl sites for hydroxylation is 1. The van der Waals surface area contributed by atoms with E-state index in [0.717, 1.165) is 16.7 Å². The number of ether oxygens (including phenoxy) is 1. The van der Waals surface area contributed by atoms with E-state index in [2.05, 4.69) is 10.2 Å². The molecule has 124 valence electrons. The molecule has 1 heterocycles. The molecule has 0 saturated heterocycles. The van der Waals surface area contributed by atoms with Gasteiger partial charge in [0.1, 0.15) is 11.6 Å². The zero-order chi connectivity index (χ0) is 16.9. The SMILES string of the molecule is Cc1cccc(OCCSc2nnc(-c3ccccc3F)n2C)c1. The first-order valence-electron chi connectivity index (χ1n) is 7.61. The van der Waals surface area contributed by atoms with E-state index < -0.39 is 0 Å².